The average molecular weight is 469 g/mol. The molecule has 1 saturated heterocycles. The number of anilines is 1. The van der Waals surface area contributed by atoms with Crippen LogP contribution in [0.4, 0.5) is 5.95 Å². The van der Waals surface area contributed by atoms with Crippen LogP contribution < -0.4 is 16.8 Å². The number of nitrogens with zero attached hydrogens (tertiary/aromatic N) is 2. The maximum atomic E-state index is 12.8. The average Bonchev–Trinajstić information content (AvgIpc) is 3.21. The first-order chi connectivity index (χ1) is 15.8. The highest BCUT2D eigenvalue weighted by atomic mass is 35.5. The van der Waals surface area contributed by atoms with E-state index in [-0.39, 0.29) is 12.5 Å². The van der Waals surface area contributed by atoms with Crippen LogP contribution in [-0.2, 0) is 9.59 Å². The Morgan fingerprint density at radius 1 is 1.24 bits per heavy atom. The number of carbonyl (C=O) groups excluding carboxylic acids is 2. The number of fused-ring (bicyclic) bond motifs is 1. The number of rotatable bonds is 7. The van der Waals surface area contributed by atoms with Crippen molar-refractivity contribution in [1.29, 1.82) is 0 Å². The van der Waals surface area contributed by atoms with Gasteiger partial charge in [0.05, 0.1) is 23.5 Å². The van der Waals surface area contributed by atoms with Gasteiger partial charge in [-0.25, -0.2) is 4.98 Å². The molecule has 33 heavy (non-hydrogen) atoms. The Bertz CT molecular complexity index is 1170. The molecular formula is C24H29ClN6O2. The molecule has 174 valence electrons. The number of hydrogen-bond donors (Lipinski definition) is 4. The quantitative estimate of drug-likeness (QED) is 0.423. The summed E-state index contributed by atoms with van der Waals surface area (Å²) >= 11 is 6.50. The highest BCUT2D eigenvalue weighted by Gasteiger charge is 2.46. The van der Waals surface area contributed by atoms with Gasteiger partial charge in [-0.1, -0.05) is 35.9 Å². The number of carbonyl (C=O) groups is 2. The Hall–Kier alpha value is -3.10. The highest BCUT2D eigenvalue weighted by molar-refractivity contribution is 6.31. The topological polar surface area (TPSA) is 130 Å². The molecule has 1 aliphatic heterocycles. The minimum Gasteiger partial charge on any atom is -0.369 e. The zero-order valence-corrected chi connectivity index (χ0v) is 19.4. The molecule has 1 aliphatic rings. The molecule has 1 fully saturated rings. The number of hydrogen-bond acceptors (Lipinski definition) is 5. The molecule has 0 radical (unpaired) electrons. The maximum Gasteiger partial charge on any atom is 0.236 e. The number of amides is 2. The van der Waals surface area contributed by atoms with Crippen molar-refractivity contribution in [2.45, 2.75) is 25.7 Å². The molecule has 2 amide bonds. The second kappa shape index (κ2) is 9.41. The summed E-state index contributed by atoms with van der Waals surface area (Å²) in [7, 11) is 0. The molecule has 1 aromatic heterocycles. The van der Waals surface area contributed by atoms with Gasteiger partial charge < -0.3 is 26.7 Å². The number of benzene rings is 2. The summed E-state index contributed by atoms with van der Waals surface area (Å²) < 4.78 is 0. The Morgan fingerprint density at radius 3 is 2.64 bits per heavy atom. The van der Waals surface area contributed by atoms with Crippen molar-refractivity contribution >= 4 is 40.4 Å². The van der Waals surface area contributed by atoms with E-state index in [0.29, 0.717) is 49.0 Å². The number of aryl methyl sites for hydroxylation is 1. The first-order valence-electron chi connectivity index (χ1n) is 11.0. The van der Waals surface area contributed by atoms with Gasteiger partial charge in [0.2, 0.25) is 17.8 Å². The molecule has 1 unspecified atom stereocenters. The van der Waals surface area contributed by atoms with Crippen LogP contribution in [0.15, 0.2) is 42.5 Å². The lowest BCUT2D eigenvalue weighted by Gasteiger charge is -2.46. The van der Waals surface area contributed by atoms with E-state index in [1.807, 2.05) is 43.3 Å². The zero-order valence-electron chi connectivity index (χ0n) is 18.6. The van der Waals surface area contributed by atoms with Crippen molar-refractivity contribution in [3.8, 4) is 0 Å². The number of likely N-dealkylation sites (tertiary alicyclic amines) is 1. The predicted octanol–water partition coefficient (Wildman–Crippen LogP) is 2.77. The number of primary amides is 1. The summed E-state index contributed by atoms with van der Waals surface area (Å²) in [5.74, 6) is -0.542. The third-order valence-corrected chi connectivity index (χ3v) is 6.99. The SMILES string of the molecule is Cc1ccc2nc(NCC3(C(C(N)=O)c4ccccc4Cl)CCN(C(=O)CN)CC3)[nH]c2c1. The van der Waals surface area contributed by atoms with Crippen molar-refractivity contribution < 1.29 is 9.59 Å². The van der Waals surface area contributed by atoms with Gasteiger partial charge >= 0.3 is 0 Å². The zero-order chi connectivity index (χ0) is 23.6. The number of nitrogens with one attached hydrogen (secondary N) is 2. The van der Waals surface area contributed by atoms with Gasteiger partial charge in [0, 0.05) is 30.1 Å². The summed E-state index contributed by atoms with van der Waals surface area (Å²) in [4.78, 5) is 34.7. The number of nitrogens with two attached hydrogens (primary N) is 2. The molecule has 6 N–H and O–H groups in total. The molecule has 0 spiro atoms. The predicted molar refractivity (Wildman–Crippen MR) is 130 cm³/mol. The monoisotopic (exact) mass is 468 g/mol. The van der Waals surface area contributed by atoms with E-state index in [1.165, 1.54) is 0 Å². The van der Waals surface area contributed by atoms with Crippen LogP contribution in [0.5, 0.6) is 0 Å². The fourth-order valence-corrected chi connectivity index (χ4v) is 5.10. The minimum atomic E-state index is -0.625. The smallest absolute Gasteiger partial charge is 0.236 e. The minimum absolute atomic E-state index is 0.0343. The number of imidazole rings is 1. The second-order valence-corrected chi connectivity index (χ2v) is 9.17. The van der Waals surface area contributed by atoms with Gasteiger partial charge in [-0.05, 0) is 49.1 Å². The summed E-state index contributed by atoms with van der Waals surface area (Å²) in [6.07, 6.45) is 1.15. The molecule has 0 aliphatic carbocycles. The number of halogens is 1. The lowest BCUT2D eigenvalue weighted by molar-refractivity contribution is -0.132. The van der Waals surface area contributed by atoms with E-state index in [1.54, 1.807) is 11.0 Å². The van der Waals surface area contributed by atoms with Gasteiger partial charge in [0.15, 0.2) is 0 Å². The summed E-state index contributed by atoms with van der Waals surface area (Å²) in [5.41, 5.74) is 14.6. The Morgan fingerprint density at radius 2 is 1.97 bits per heavy atom. The third-order valence-electron chi connectivity index (χ3n) is 6.64. The van der Waals surface area contributed by atoms with E-state index in [0.717, 1.165) is 16.6 Å². The molecule has 0 bridgehead atoms. The van der Waals surface area contributed by atoms with E-state index in [4.69, 9.17) is 23.1 Å². The van der Waals surface area contributed by atoms with Gasteiger partial charge in [0.25, 0.3) is 0 Å². The summed E-state index contributed by atoms with van der Waals surface area (Å²) in [6.45, 7) is 3.42. The molecule has 0 saturated carbocycles. The number of aromatic amines is 1. The molecule has 1 atom stereocenters. The van der Waals surface area contributed by atoms with E-state index >= 15 is 0 Å². The molecular weight excluding hydrogens is 440 g/mol. The van der Waals surface area contributed by atoms with Crippen LogP contribution >= 0.6 is 11.6 Å². The molecule has 2 heterocycles. The number of aromatic nitrogens is 2. The van der Waals surface area contributed by atoms with Crippen LogP contribution in [0.3, 0.4) is 0 Å². The summed E-state index contributed by atoms with van der Waals surface area (Å²) in [5, 5.41) is 3.90. The number of H-pyrrole nitrogens is 1. The maximum absolute atomic E-state index is 12.8. The van der Waals surface area contributed by atoms with Gasteiger partial charge in [0.1, 0.15) is 0 Å². The molecule has 8 nitrogen and oxygen atoms in total. The van der Waals surface area contributed by atoms with Crippen LogP contribution in [0.1, 0.15) is 29.9 Å². The Kier molecular flexibility index (Phi) is 6.58. The van der Waals surface area contributed by atoms with Crippen LogP contribution in [0.25, 0.3) is 11.0 Å². The van der Waals surface area contributed by atoms with E-state index in [9.17, 15) is 9.59 Å². The number of piperidine rings is 1. The lowest BCUT2D eigenvalue weighted by atomic mass is 9.65. The Labute approximate surface area is 197 Å². The molecule has 9 heteroatoms. The van der Waals surface area contributed by atoms with Gasteiger partial charge in [-0.3, -0.25) is 9.59 Å². The normalized spacial score (nSPS) is 16.5. The van der Waals surface area contributed by atoms with E-state index < -0.39 is 17.2 Å². The molecule has 4 rings (SSSR count). The van der Waals surface area contributed by atoms with Crippen molar-refractivity contribution in [1.82, 2.24) is 14.9 Å². The molecule has 2 aromatic carbocycles. The van der Waals surface area contributed by atoms with Crippen molar-refractivity contribution in [2.24, 2.45) is 16.9 Å². The third kappa shape index (κ3) is 4.67. The van der Waals surface area contributed by atoms with Crippen LogP contribution in [0.2, 0.25) is 5.02 Å². The van der Waals surface area contributed by atoms with Crippen LogP contribution in [-0.4, -0.2) is 52.9 Å². The second-order valence-electron chi connectivity index (χ2n) is 8.76. The van der Waals surface area contributed by atoms with Gasteiger partial charge in [-0.15, -0.1) is 0 Å². The Balaban J connectivity index is 1.67. The van der Waals surface area contributed by atoms with E-state index in [2.05, 4.69) is 15.3 Å². The highest BCUT2D eigenvalue weighted by Crippen LogP contribution is 2.46. The fraction of sp³-hybridized carbons (Fsp3) is 0.375. The summed E-state index contributed by atoms with van der Waals surface area (Å²) in [6, 6.07) is 13.3. The van der Waals surface area contributed by atoms with Crippen molar-refractivity contribution in [3.05, 3.63) is 58.6 Å². The van der Waals surface area contributed by atoms with Gasteiger partial charge in [-0.2, -0.15) is 0 Å². The fourth-order valence-electron chi connectivity index (χ4n) is 4.86. The standard InChI is InChI=1S/C24H29ClN6O2/c1-15-6-7-18-19(12-15)30-23(29-18)28-14-24(8-10-31(11-9-24)20(32)13-26)21(22(27)33)16-4-2-3-5-17(16)25/h2-7,12,21H,8-11,13-14,26H2,1H3,(H2,27,33)(H2,28,29,30). The first kappa shape index (κ1) is 23.1. The molecule has 3 aromatic rings. The van der Waals surface area contributed by atoms with Crippen molar-refractivity contribution in [3.63, 3.8) is 0 Å². The van der Waals surface area contributed by atoms with Crippen LogP contribution in [0, 0.1) is 12.3 Å². The van der Waals surface area contributed by atoms with Crippen molar-refractivity contribution in [2.75, 3.05) is 31.5 Å². The first-order valence-corrected chi connectivity index (χ1v) is 11.4. The largest absolute Gasteiger partial charge is 0.369 e. The lowest BCUT2D eigenvalue weighted by Crippen LogP contribution is -2.52.